The number of benzene rings is 1. The van der Waals surface area contributed by atoms with Crippen molar-refractivity contribution in [3.63, 3.8) is 0 Å². The van der Waals surface area contributed by atoms with Crippen LogP contribution in [0.3, 0.4) is 0 Å². The molecule has 0 aliphatic carbocycles. The summed E-state index contributed by atoms with van der Waals surface area (Å²) in [6.45, 7) is 2.13. The summed E-state index contributed by atoms with van der Waals surface area (Å²) in [5, 5.41) is 3.32. The van der Waals surface area contributed by atoms with Crippen LogP contribution in [0.2, 0.25) is 0 Å². The molecule has 0 aliphatic heterocycles. The molecular weight excluding hydrogens is 218 g/mol. The van der Waals surface area contributed by atoms with Crippen molar-refractivity contribution in [1.82, 2.24) is 4.98 Å². The Kier molecular flexibility index (Phi) is 3.57. The molecule has 16 heavy (non-hydrogen) atoms. The van der Waals surface area contributed by atoms with Gasteiger partial charge in [0.05, 0.1) is 17.8 Å². The van der Waals surface area contributed by atoms with Gasteiger partial charge in [-0.2, -0.15) is 0 Å². The molecule has 0 amide bonds. The molecule has 3 heteroatoms. The summed E-state index contributed by atoms with van der Waals surface area (Å²) in [7, 11) is 1.68. The number of methoxy groups -OCH3 is 1. The molecule has 1 aromatic heterocycles. The molecular formula is C13H15NOS. The summed E-state index contributed by atoms with van der Waals surface area (Å²) < 4.78 is 5.13. The molecule has 0 fully saturated rings. The van der Waals surface area contributed by atoms with Crippen LogP contribution in [0.1, 0.15) is 23.2 Å². The van der Waals surface area contributed by atoms with Gasteiger partial charge in [0, 0.05) is 11.8 Å². The predicted octanol–water partition coefficient (Wildman–Crippen LogP) is 3.30. The van der Waals surface area contributed by atoms with E-state index < -0.39 is 0 Å². The molecule has 0 unspecified atom stereocenters. The van der Waals surface area contributed by atoms with E-state index >= 15 is 0 Å². The first-order valence-electron chi connectivity index (χ1n) is 5.38. The standard InChI is InChI=1S/C13H15NOS/c1-3-11-9-16-13(14-11)8-10-4-6-12(15-2)7-5-10/h4-7,9H,3,8H2,1-2H3. The quantitative estimate of drug-likeness (QED) is 0.808. The first kappa shape index (κ1) is 11.1. The Morgan fingerprint density at radius 2 is 2.00 bits per heavy atom. The van der Waals surface area contributed by atoms with Gasteiger partial charge in [-0.3, -0.25) is 0 Å². The van der Waals surface area contributed by atoms with E-state index in [0.717, 1.165) is 18.6 Å². The predicted molar refractivity (Wildman–Crippen MR) is 67.3 cm³/mol. The van der Waals surface area contributed by atoms with E-state index in [-0.39, 0.29) is 0 Å². The van der Waals surface area contributed by atoms with Gasteiger partial charge in [-0.1, -0.05) is 19.1 Å². The monoisotopic (exact) mass is 233 g/mol. The van der Waals surface area contributed by atoms with Crippen LogP contribution in [0.4, 0.5) is 0 Å². The second-order valence-corrected chi connectivity index (χ2v) is 4.55. The minimum Gasteiger partial charge on any atom is -0.497 e. The lowest BCUT2D eigenvalue weighted by molar-refractivity contribution is 0.414. The zero-order valence-corrected chi connectivity index (χ0v) is 10.4. The molecule has 0 N–H and O–H groups in total. The average Bonchev–Trinajstić information content (AvgIpc) is 2.78. The van der Waals surface area contributed by atoms with Crippen molar-refractivity contribution in [2.75, 3.05) is 7.11 Å². The van der Waals surface area contributed by atoms with Crippen molar-refractivity contribution in [1.29, 1.82) is 0 Å². The van der Waals surface area contributed by atoms with E-state index in [2.05, 4.69) is 29.4 Å². The number of rotatable bonds is 4. The van der Waals surface area contributed by atoms with Crippen LogP contribution < -0.4 is 4.74 Å². The van der Waals surface area contributed by atoms with Crippen molar-refractivity contribution < 1.29 is 4.74 Å². The van der Waals surface area contributed by atoms with Crippen molar-refractivity contribution in [2.45, 2.75) is 19.8 Å². The van der Waals surface area contributed by atoms with E-state index in [0.29, 0.717) is 0 Å². The van der Waals surface area contributed by atoms with E-state index in [9.17, 15) is 0 Å². The highest BCUT2D eigenvalue weighted by Crippen LogP contribution is 2.17. The average molecular weight is 233 g/mol. The summed E-state index contributed by atoms with van der Waals surface area (Å²) in [5.41, 5.74) is 2.46. The van der Waals surface area contributed by atoms with Crippen molar-refractivity contribution >= 4 is 11.3 Å². The van der Waals surface area contributed by atoms with Crippen LogP contribution in [0.25, 0.3) is 0 Å². The maximum absolute atomic E-state index is 5.13. The second kappa shape index (κ2) is 5.12. The first-order valence-corrected chi connectivity index (χ1v) is 6.26. The molecule has 1 heterocycles. The highest BCUT2D eigenvalue weighted by Gasteiger charge is 2.02. The Balaban J connectivity index is 2.08. The molecule has 0 atom stereocenters. The molecule has 0 bridgehead atoms. The number of hydrogen-bond acceptors (Lipinski definition) is 3. The van der Waals surface area contributed by atoms with Gasteiger partial charge in [0.25, 0.3) is 0 Å². The number of ether oxygens (including phenoxy) is 1. The molecule has 84 valence electrons. The molecule has 2 aromatic rings. The third-order valence-corrected chi connectivity index (χ3v) is 3.37. The highest BCUT2D eigenvalue weighted by molar-refractivity contribution is 7.09. The Morgan fingerprint density at radius 3 is 2.56 bits per heavy atom. The van der Waals surface area contributed by atoms with E-state index in [4.69, 9.17) is 4.74 Å². The van der Waals surface area contributed by atoms with E-state index in [1.54, 1.807) is 18.4 Å². The number of thiazole rings is 1. The summed E-state index contributed by atoms with van der Waals surface area (Å²) in [5.74, 6) is 0.900. The SMILES string of the molecule is CCc1csc(Cc2ccc(OC)cc2)n1. The third kappa shape index (κ3) is 2.61. The maximum Gasteiger partial charge on any atom is 0.118 e. The molecule has 0 saturated carbocycles. The van der Waals surface area contributed by atoms with Crippen LogP contribution in [-0.4, -0.2) is 12.1 Å². The molecule has 0 spiro atoms. The fourth-order valence-corrected chi connectivity index (χ4v) is 2.42. The van der Waals surface area contributed by atoms with Crippen LogP contribution >= 0.6 is 11.3 Å². The van der Waals surface area contributed by atoms with Gasteiger partial charge in [-0.25, -0.2) is 4.98 Å². The smallest absolute Gasteiger partial charge is 0.118 e. The van der Waals surface area contributed by atoms with Crippen LogP contribution in [0.5, 0.6) is 5.75 Å². The zero-order chi connectivity index (χ0) is 11.4. The van der Waals surface area contributed by atoms with Gasteiger partial charge in [-0.15, -0.1) is 11.3 Å². The lowest BCUT2D eigenvalue weighted by Gasteiger charge is -2.01. The molecule has 2 nitrogen and oxygen atoms in total. The minimum absolute atomic E-state index is 0.900. The van der Waals surface area contributed by atoms with Gasteiger partial charge < -0.3 is 4.74 Å². The highest BCUT2D eigenvalue weighted by atomic mass is 32.1. The Labute approximate surface area is 99.9 Å². The Morgan fingerprint density at radius 1 is 1.25 bits per heavy atom. The number of hydrogen-bond donors (Lipinski definition) is 0. The van der Waals surface area contributed by atoms with Crippen LogP contribution in [0.15, 0.2) is 29.6 Å². The van der Waals surface area contributed by atoms with Crippen molar-refractivity contribution in [3.05, 3.63) is 45.9 Å². The van der Waals surface area contributed by atoms with Crippen LogP contribution in [0, 0.1) is 0 Å². The summed E-state index contributed by atoms with van der Waals surface area (Å²) in [4.78, 5) is 4.55. The largest absolute Gasteiger partial charge is 0.497 e. The van der Waals surface area contributed by atoms with Gasteiger partial charge in [-0.05, 0) is 24.1 Å². The fourth-order valence-electron chi connectivity index (χ4n) is 1.51. The maximum atomic E-state index is 5.13. The number of aromatic nitrogens is 1. The van der Waals surface area contributed by atoms with Gasteiger partial charge in [0.1, 0.15) is 5.75 Å². The molecule has 2 rings (SSSR count). The van der Waals surface area contributed by atoms with Crippen LogP contribution in [-0.2, 0) is 12.8 Å². The lowest BCUT2D eigenvalue weighted by Crippen LogP contribution is -1.89. The van der Waals surface area contributed by atoms with Crippen molar-refractivity contribution in [2.24, 2.45) is 0 Å². The fraction of sp³-hybridized carbons (Fsp3) is 0.308. The minimum atomic E-state index is 0.900. The Hall–Kier alpha value is -1.35. The summed E-state index contributed by atoms with van der Waals surface area (Å²) in [6, 6.07) is 8.16. The second-order valence-electron chi connectivity index (χ2n) is 3.61. The third-order valence-electron chi connectivity index (χ3n) is 2.48. The molecule has 0 radical (unpaired) electrons. The topological polar surface area (TPSA) is 22.1 Å². The summed E-state index contributed by atoms with van der Waals surface area (Å²) >= 11 is 1.74. The molecule has 1 aromatic carbocycles. The molecule has 0 saturated heterocycles. The first-order chi connectivity index (χ1) is 7.81. The van der Waals surface area contributed by atoms with Crippen molar-refractivity contribution in [3.8, 4) is 5.75 Å². The number of aryl methyl sites for hydroxylation is 1. The number of nitrogens with zero attached hydrogens (tertiary/aromatic N) is 1. The van der Waals surface area contributed by atoms with Gasteiger partial charge >= 0.3 is 0 Å². The van der Waals surface area contributed by atoms with E-state index in [1.807, 2.05) is 12.1 Å². The lowest BCUT2D eigenvalue weighted by atomic mass is 10.1. The van der Waals surface area contributed by atoms with Gasteiger partial charge in [0.2, 0.25) is 0 Å². The van der Waals surface area contributed by atoms with E-state index in [1.165, 1.54) is 16.3 Å². The molecule has 0 aliphatic rings. The van der Waals surface area contributed by atoms with Gasteiger partial charge in [0.15, 0.2) is 0 Å². The summed E-state index contributed by atoms with van der Waals surface area (Å²) in [6.07, 6.45) is 1.92. The Bertz CT molecular complexity index is 447. The normalized spacial score (nSPS) is 10.4. The zero-order valence-electron chi connectivity index (χ0n) is 9.56.